The highest BCUT2D eigenvalue weighted by Crippen LogP contribution is 2.17. The number of carbonyl (C=O) groups is 1. The second-order valence-electron chi connectivity index (χ2n) is 6.23. The number of amides is 1. The van der Waals surface area contributed by atoms with Crippen LogP contribution in [0.5, 0.6) is 0 Å². The zero-order chi connectivity index (χ0) is 19.2. The van der Waals surface area contributed by atoms with Gasteiger partial charge in [0.2, 0.25) is 0 Å². The maximum atomic E-state index is 13.3. The highest BCUT2D eigenvalue weighted by molar-refractivity contribution is 9.10. The highest BCUT2D eigenvalue weighted by atomic mass is 79.9. The van der Waals surface area contributed by atoms with Crippen LogP contribution in [0.1, 0.15) is 16.1 Å². The lowest BCUT2D eigenvalue weighted by atomic mass is 10.1. The number of rotatable bonds is 4. The van der Waals surface area contributed by atoms with E-state index in [0.717, 1.165) is 17.9 Å². The number of furan rings is 1. The van der Waals surface area contributed by atoms with Crippen LogP contribution in [0.2, 0.25) is 0 Å². The predicted octanol–water partition coefficient (Wildman–Crippen LogP) is 2.76. The summed E-state index contributed by atoms with van der Waals surface area (Å²) in [6, 6.07) is 8.43. The van der Waals surface area contributed by atoms with E-state index in [1.807, 2.05) is 0 Å². The lowest BCUT2D eigenvalue weighted by Crippen LogP contribution is -2.54. The first-order chi connectivity index (χ1) is 13.1. The molecule has 8 heteroatoms. The Labute approximate surface area is 166 Å². The Hall–Kier alpha value is -2.35. The molecule has 1 aliphatic rings. The van der Waals surface area contributed by atoms with Crippen LogP contribution >= 0.6 is 15.9 Å². The maximum Gasteiger partial charge on any atom is 0.289 e. The molecule has 0 atom stereocenters. The zero-order valence-electron chi connectivity index (χ0n) is 15.1. The van der Waals surface area contributed by atoms with Crippen LogP contribution in [0.3, 0.4) is 0 Å². The van der Waals surface area contributed by atoms with E-state index in [2.05, 4.69) is 31.1 Å². The minimum Gasteiger partial charge on any atom is -0.459 e. The third kappa shape index (κ3) is 4.88. The molecule has 3 rings (SSSR count). The first-order valence-corrected chi connectivity index (χ1v) is 9.60. The summed E-state index contributed by atoms with van der Waals surface area (Å²) >= 11 is 3.21. The number of benzene rings is 1. The van der Waals surface area contributed by atoms with Gasteiger partial charge in [-0.05, 0) is 52.2 Å². The van der Waals surface area contributed by atoms with Crippen molar-refractivity contribution in [2.75, 3.05) is 39.8 Å². The number of hydrogen-bond acceptors (Lipinski definition) is 3. The van der Waals surface area contributed by atoms with Crippen LogP contribution in [0.15, 0.2) is 50.5 Å². The maximum absolute atomic E-state index is 13.3. The van der Waals surface area contributed by atoms with Gasteiger partial charge in [0.05, 0.1) is 10.7 Å². The second-order valence-corrected chi connectivity index (χ2v) is 7.08. The smallest absolute Gasteiger partial charge is 0.289 e. The Morgan fingerprint density at radius 3 is 2.63 bits per heavy atom. The molecule has 1 fully saturated rings. The Morgan fingerprint density at radius 1 is 1.26 bits per heavy atom. The minimum atomic E-state index is -0.260. The molecule has 2 aromatic rings. The zero-order valence-corrected chi connectivity index (χ0v) is 16.7. The topological polar surface area (TPSA) is 61.1 Å². The van der Waals surface area contributed by atoms with Crippen molar-refractivity contribution in [2.45, 2.75) is 6.42 Å². The summed E-state index contributed by atoms with van der Waals surface area (Å²) in [5.41, 5.74) is 1.04. The molecule has 1 aromatic heterocycles. The van der Waals surface area contributed by atoms with E-state index in [1.54, 1.807) is 36.2 Å². The second kappa shape index (κ2) is 9.03. The molecular formula is C19H22BrFN4O2. The number of piperazine rings is 1. The van der Waals surface area contributed by atoms with Crippen LogP contribution in [0.4, 0.5) is 4.39 Å². The standard InChI is InChI=1S/C19H22BrFN4O2/c1-22-19(23-7-6-14-4-5-16(21)15(20)13-14)25-10-8-24(9-11-25)18(26)17-3-2-12-27-17/h2-5,12-13H,6-11H2,1H3,(H,22,23). The summed E-state index contributed by atoms with van der Waals surface area (Å²) in [5, 5.41) is 3.34. The molecule has 27 heavy (non-hydrogen) atoms. The Bertz CT molecular complexity index is 802. The number of hydrogen-bond donors (Lipinski definition) is 1. The Kier molecular flexibility index (Phi) is 6.49. The van der Waals surface area contributed by atoms with Crippen LogP contribution in [-0.4, -0.2) is 61.4 Å². The average Bonchev–Trinajstić information content (AvgIpc) is 3.22. The highest BCUT2D eigenvalue weighted by Gasteiger charge is 2.25. The van der Waals surface area contributed by atoms with Crippen LogP contribution in [0, 0.1) is 5.82 Å². The van der Waals surface area contributed by atoms with E-state index in [-0.39, 0.29) is 11.7 Å². The lowest BCUT2D eigenvalue weighted by Gasteiger charge is -2.36. The molecule has 1 aromatic carbocycles. The summed E-state index contributed by atoms with van der Waals surface area (Å²) < 4.78 is 19.0. The van der Waals surface area contributed by atoms with Gasteiger partial charge in [-0.3, -0.25) is 9.79 Å². The van der Waals surface area contributed by atoms with Gasteiger partial charge in [0.15, 0.2) is 11.7 Å². The fourth-order valence-electron chi connectivity index (χ4n) is 3.02. The minimum absolute atomic E-state index is 0.0792. The van der Waals surface area contributed by atoms with E-state index in [4.69, 9.17) is 4.42 Å². The SMILES string of the molecule is CN=C(NCCc1ccc(F)c(Br)c1)N1CCN(C(=O)c2ccco2)CC1. The number of aliphatic imine (C=N–C) groups is 1. The largest absolute Gasteiger partial charge is 0.459 e. The van der Waals surface area contributed by atoms with Gasteiger partial charge in [-0.25, -0.2) is 4.39 Å². The molecule has 2 heterocycles. The van der Waals surface area contributed by atoms with E-state index >= 15 is 0 Å². The number of nitrogens with zero attached hydrogens (tertiary/aromatic N) is 3. The third-order valence-corrected chi connectivity index (χ3v) is 5.10. The average molecular weight is 437 g/mol. The lowest BCUT2D eigenvalue weighted by molar-refractivity contribution is 0.0658. The van der Waals surface area contributed by atoms with Crippen molar-refractivity contribution in [2.24, 2.45) is 4.99 Å². The van der Waals surface area contributed by atoms with Crippen molar-refractivity contribution in [3.8, 4) is 0 Å². The van der Waals surface area contributed by atoms with Gasteiger partial charge in [-0.2, -0.15) is 0 Å². The van der Waals surface area contributed by atoms with Gasteiger partial charge in [0.25, 0.3) is 5.91 Å². The first-order valence-electron chi connectivity index (χ1n) is 8.81. The molecule has 0 saturated carbocycles. The molecule has 0 radical (unpaired) electrons. The first kappa shape index (κ1) is 19.4. The van der Waals surface area contributed by atoms with Gasteiger partial charge in [-0.1, -0.05) is 6.07 Å². The van der Waals surface area contributed by atoms with Crippen LogP contribution in [-0.2, 0) is 6.42 Å². The van der Waals surface area contributed by atoms with Gasteiger partial charge >= 0.3 is 0 Å². The van der Waals surface area contributed by atoms with Crippen LogP contribution < -0.4 is 5.32 Å². The van der Waals surface area contributed by atoms with Crippen molar-refractivity contribution in [3.63, 3.8) is 0 Å². The Balaban J connectivity index is 1.47. The molecule has 0 bridgehead atoms. The van der Waals surface area contributed by atoms with Crippen molar-refractivity contribution in [1.29, 1.82) is 0 Å². The summed E-state index contributed by atoms with van der Waals surface area (Å²) in [7, 11) is 1.75. The fourth-order valence-corrected chi connectivity index (χ4v) is 3.45. The molecule has 1 aliphatic heterocycles. The molecule has 0 aliphatic carbocycles. The van der Waals surface area contributed by atoms with E-state index in [0.29, 0.717) is 43.0 Å². The van der Waals surface area contributed by atoms with E-state index < -0.39 is 0 Å². The molecule has 0 spiro atoms. The molecule has 1 amide bonds. The summed E-state index contributed by atoms with van der Waals surface area (Å²) in [4.78, 5) is 20.6. The molecular weight excluding hydrogens is 415 g/mol. The summed E-state index contributed by atoms with van der Waals surface area (Å²) in [6.07, 6.45) is 2.27. The van der Waals surface area contributed by atoms with Gasteiger partial charge < -0.3 is 19.5 Å². The fraction of sp³-hybridized carbons (Fsp3) is 0.368. The summed E-state index contributed by atoms with van der Waals surface area (Å²) in [6.45, 7) is 3.33. The van der Waals surface area contributed by atoms with Gasteiger partial charge in [0, 0.05) is 39.8 Å². The number of halogens is 2. The van der Waals surface area contributed by atoms with E-state index in [9.17, 15) is 9.18 Å². The summed E-state index contributed by atoms with van der Waals surface area (Å²) in [5.74, 6) is 0.839. The number of guanidine groups is 1. The van der Waals surface area contributed by atoms with Crippen molar-refractivity contribution < 1.29 is 13.6 Å². The van der Waals surface area contributed by atoms with E-state index in [1.165, 1.54) is 12.3 Å². The molecule has 1 saturated heterocycles. The third-order valence-electron chi connectivity index (χ3n) is 4.49. The van der Waals surface area contributed by atoms with Crippen molar-refractivity contribution in [3.05, 3.63) is 58.2 Å². The molecule has 144 valence electrons. The monoisotopic (exact) mass is 436 g/mol. The number of carbonyl (C=O) groups excluding carboxylic acids is 1. The van der Waals surface area contributed by atoms with Crippen molar-refractivity contribution in [1.82, 2.24) is 15.1 Å². The quantitative estimate of drug-likeness (QED) is 0.591. The van der Waals surface area contributed by atoms with Gasteiger partial charge in [0.1, 0.15) is 5.82 Å². The normalized spacial score (nSPS) is 15.1. The predicted molar refractivity (Wildman–Crippen MR) is 105 cm³/mol. The van der Waals surface area contributed by atoms with Gasteiger partial charge in [-0.15, -0.1) is 0 Å². The molecule has 1 N–H and O–H groups in total. The number of nitrogens with one attached hydrogen (secondary N) is 1. The Morgan fingerprint density at radius 2 is 2.00 bits per heavy atom. The molecule has 0 unspecified atom stereocenters. The van der Waals surface area contributed by atoms with Crippen molar-refractivity contribution >= 4 is 27.8 Å². The molecule has 6 nitrogen and oxygen atoms in total. The van der Waals surface area contributed by atoms with Crippen LogP contribution in [0.25, 0.3) is 0 Å².